The van der Waals surface area contributed by atoms with Crippen molar-refractivity contribution in [3.63, 3.8) is 0 Å². The Morgan fingerprint density at radius 2 is 2.29 bits per heavy atom. The van der Waals surface area contributed by atoms with Crippen molar-refractivity contribution in [2.24, 2.45) is 7.05 Å². The molecule has 1 aromatic heterocycles. The number of benzene rings is 1. The van der Waals surface area contributed by atoms with E-state index in [0.717, 1.165) is 6.07 Å². The predicted octanol–water partition coefficient (Wildman–Crippen LogP) is 1.62. The Morgan fingerprint density at radius 3 is 2.93 bits per heavy atom. The van der Waals surface area contributed by atoms with Gasteiger partial charge in [-0.15, -0.1) is 0 Å². The van der Waals surface area contributed by atoms with Gasteiger partial charge in [0, 0.05) is 13.1 Å². The van der Waals surface area contributed by atoms with E-state index in [1.165, 1.54) is 17.0 Å². The summed E-state index contributed by atoms with van der Waals surface area (Å²) in [6, 6.07) is 2.14. The minimum absolute atomic E-state index is 0.274. The average Bonchev–Trinajstić information content (AvgIpc) is 2.48. The molecule has 6 heteroatoms. The molecule has 0 radical (unpaired) electrons. The zero-order chi connectivity index (χ0) is 10.3. The molecule has 0 aliphatic carbocycles. The van der Waals surface area contributed by atoms with Crippen LogP contribution in [-0.2, 0) is 7.05 Å². The van der Waals surface area contributed by atoms with Gasteiger partial charge in [-0.2, -0.15) is 0 Å². The Morgan fingerprint density at radius 1 is 1.57 bits per heavy atom. The van der Waals surface area contributed by atoms with Crippen LogP contribution in [0.1, 0.15) is 0 Å². The Labute approximate surface area is 77.9 Å². The van der Waals surface area contributed by atoms with Crippen LogP contribution in [0.25, 0.3) is 11.0 Å². The number of fused-ring (bicyclic) bond motifs is 1. The van der Waals surface area contributed by atoms with Gasteiger partial charge in [0.15, 0.2) is 5.82 Å². The molecule has 0 spiro atoms. The van der Waals surface area contributed by atoms with E-state index >= 15 is 0 Å². The van der Waals surface area contributed by atoms with E-state index < -0.39 is 10.7 Å². The first-order valence-electron chi connectivity index (χ1n) is 3.84. The summed E-state index contributed by atoms with van der Waals surface area (Å²) in [7, 11) is 1.63. The lowest BCUT2D eigenvalue weighted by atomic mass is 10.2. The fourth-order valence-corrected chi connectivity index (χ4v) is 1.33. The number of aryl methyl sites for hydroxylation is 1. The molecule has 0 aliphatic heterocycles. The first-order chi connectivity index (χ1) is 6.59. The van der Waals surface area contributed by atoms with Gasteiger partial charge in [-0.1, -0.05) is 0 Å². The molecule has 0 amide bonds. The Hall–Kier alpha value is -1.98. The maximum Gasteiger partial charge on any atom is 0.274 e. The summed E-state index contributed by atoms with van der Waals surface area (Å²) in [6.07, 6.45) is 1.41. The van der Waals surface area contributed by atoms with Crippen molar-refractivity contribution in [3.8, 4) is 0 Å². The number of rotatable bonds is 1. The number of nitrogens with zero attached hydrogens (tertiary/aromatic N) is 3. The number of hydrogen-bond acceptors (Lipinski definition) is 3. The molecular weight excluding hydrogens is 189 g/mol. The van der Waals surface area contributed by atoms with Gasteiger partial charge in [0.05, 0.1) is 22.8 Å². The van der Waals surface area contributed by atoms with E-state index in [-0.39, 0.29) is 11.2 Å². The van der Waals surface area contributed by atoms with E-state index in [2.05, 4.69) is 4.98 Å². The third-order valence-electron chi connectivity index (χ3n) is 1.96. The van der Waals surface area contributed by atoms with Crippen LogP contribution >= 0.6 is 0 Å². The summed E-state index contributed by atoms with van der Waals surface area (Å²) < 4.78 is 14.8. The Balaban J connectivity index is 2.80. The molecule has 0 fully saturated rings. The number of hydrogen-bond donors (Lipinski definition) is 0. The molecule has 1 heterocycles. The van der Waals surface area contributed by atoms with Crippen molar-refractivity contribution in [2.75, 3.05) is 0 Å². The summed E-state index contributed by atoms with van der Waals surface area (Å²) >= 11 is 0. The van der Waals surface area contributed by atoms with Gasteiger partial charge in [-0.05, 0) is 0 Å². The van der Waals surface area contributed by atoms with Crippen molar-refractivity contribution in [1.82, 2.24) is 9.55 Å². The van der Waals surface area contributed by atoms with Crippen LogP contribution in [0.3, 0.4) is 0 Å². The molecule has 0 bridgehead atoms. The monoisotopic (exact) mass is 195 g/mol. The number of nitro benzene ring substituents is 1. The molecule has 0 saturated heterocycles. The summed E-state index contributed by atoms with van der Waals surface area (Å²) in [6.45, 7) is 0. The van der Waals surface area contributed by atoms with Crippen LogP contribution in [0.4, 0.5) is 10.1 Å². The van der Waals surface area contributed by atoms with Crippen LogP contribution < -0.4 is 0 Å². The van der Waals surface area contributed by atoms with Gasteiger partial charge in [0.25, 0.3) is 5.69 Å². The van der Waals surface area contributed by atoms with Crippen LogP contribution in [0.5, 0.6) is 0 Å². The lowest BCUT2D eigenvalue weighted by Crippen LogP contribution is -1.92. The summed E-state index contributed by atoms with van der Waals surface area (Å²) in [5, 5.41) is 10.4. The smallest absolute Gasteiger partial charge is 0.274 e. The molecule has 72 valence electrons. The van der Waals surface area contributed by atoms with Crippen LogP contribution in [0.15, 0.2) is 18.5 Å². The minimum Gasteiger partial charge on any atom is -0.331 e. The summed E-state index contributed by atoms with van der Waals surface area (Å²) in [5.74, 6) is -0.630. The fraction of sp³-hybridized carbons (Fsp3) is 0.125. The second-order valence-electron chi connectivity index (χ2n) is 2.91. The van der Waals surface area contributed by atoms with Gasteiger partial charge >= 0.3 is 0 Å². The van der Waals surface area contributed by atoms with Crippen molar-refractivity contribution in [2.45, 2.75) is 0 Å². The van der Waals surface area contributed by atoms with E-state index in [9.17, 15) is 14.5 Å². The lowest BCUT2D eigenvalue weighted by Gasteiger charge is -1.96. The quantitative estimate of drug-likeness (QED) is 0.513. The number of halogens is 1. The standard InChI is InChI=1S/C8H6FN3O2/c1-11-4-10-7-3-5(12(13)14)2-6(9)8(7)11/h2-4H,1H3. The second-order valence-corrected chi connectivity index (χ2v) is 2.91. The van der Waals surface area contributed by atoms with Gasteiger partial charge in [0.2, 0.25) is 0 Å². The van der Waals surface area contributed by atoms with Gasteiger partial charge < -0.3 is 4.57 Å². The van der Waals surface area contributed by atoms with Gasteiger partial charge in [-0.3, -0.25) is 10.1 Å². The fourth-order valence-electron chi connectivity index (χ4n) is 1.33. The summed E-state index contributed by atoms with van der Waals surface area (Å²) in [5.41, 5.74) is 0.281. The molecule has 1 aromatic carbocycles. The SMILES string of the molecule is Cn1cnc2cc([N+](=O)[O-])cc(F)c21. The molecular formula is C8H6FN3O2. The molecule has 0 aliphatic rings. The molecule has 0 N–H and O–H groups in total. The topological polar surface area (TPSA) is 61.0 Å². The third kappa shape index (κ3) is 1.12. The highest BCUT2D eigenvalue weighted by molar-refractivity contribution is 5.78. The number of non-ortho nitro benzene ring substituents is 1. The van der Waals surface area contributed by atoms with Gasteiger partial charge in [0.1, 0.15) is 5.52 Å². The van der Waals surface area contributed by atoms with Crippen molar-refractivity contribution in [1.29, 1.82) is 0 Å². The molecule has 5 nitrogen and oxygen atoms in total. The zero-order valence-corrected chi connectivity index (χ0v) is 7.27. The van der Waals surface area contributed by atoms with Crippen LogP contribution in [0, 0.1) is 15.9 Å². The molecule has 2 rings (SSSR count). The Kier molecular flexibility index (Phi) is 1.70. The van der Waals surface area contributed by atoms with E-state index in [4.69, 9.17) is 0 Å². The molecule has 0 atom stereocenters. The zero-order valence-electron chi connectivity index (χ0n) is 7.27. The van der Waals surface area contributed by atoms with Crippen molar-refractivity contribution < 1.29 is 9.31 Å². The van der Waals surface area contributed by atoms with Crippen molar-refractivity contribution >= 4 is 16.7 Å². The normalized spacial score (nSPS) is 10.7. The average molecular weight is 195 g/mol. The molecule has 0 unspecified atom stereocenters. The van der Waals surface area contributed by atoms with E-state index in [1.807, 2.05) is 0 Å². The lowest BCUT2D eigenvalue weighted by molar-refractivity contribution is -0.384. The molecule has 14 heavy (non-hydrogen) atoms. The van der Waals surface area contributed by atoms with E-state index in [1.54, 1.807) is 7.05 Å². The second kappa shape index (κ2) is 2.76. The van der Waals surface area contributed by atoms with E-state index in [0.29, 0.717) is 5.52 Å². The predicted molar refractivity (Wildman–Crippen MR) is 47.3 cm³/mol. The third-order valence-corrected chi connectivity index (χ3v) is 1.96. The number of nitro groups is 1. The highest BCUT2D eigenvalue weighted by Crippen LogP contribution is 2.22. The summed E-state index contributed by atoms with van der Waals surface area (Å²) in [4.78, 5) is 13.6. The first-order valence-corrected chi connectivity index (χ1v) is 3.84. The maximum absolute atomic E-state index is 13.3. The first kappa shape index (κ1) is 8.61. The molecule has 0 saturated carbocycles. The minimum atomic E-state index is -0.642. The number of aromatic nitrogens is 2. The van der Waals surface area contributed by atoms with Crippen LogP contribution in [0.2, 0.25) is 0 Å². The Bertz CT molecular complexity index is 521. The van der Waals surface area contributed by atoms with Crippen molar-refractivity contribution in [3.05, 3.63) is 34.4 Å². The molecule has 2 aromatic rings. The van der Waals surface area contributed by atoms with Gasteiger partial charge in [-0.25, -0.2) is 9.37 Å². The largest absolute Gasteiger partial charge is 0.331 e. The number of imidazole rings is 1. The van der Waals surface area contributed by atoms with Crippen LogP contribution in [-0.4, -0.2) is 14.5 Å². The highest BCUT2D eigenvalue weighted by atomic mass is 19.1. The highest BCUT2D eigenvalue weighted by Gasteiger charge is 2.14. The maximum atomic E-state index is 13.3.